The van der Waals surface area contributed by atoms with Crippen LogP contribution >= 0.6 is 11.8 Å². The van der Waals surface area contributed by atoms with E-state index in [1.54, 1.807) is 6.07 Å². The monoisotopic (exact) mass is 217 g/mol. The molecule has 0 aromatic carbocycles. The number of hydrogen-bond donors (Lipinski definition) is 0. The summed E-state index contributed by atoms with van der Waals surface area (Å²) in [6.07, 6.45) is 3.12. The lowest BCUT2D eigenvalue weighted by Crippen LogP contribution is -2.21. The van der Waals surface area contributed by atoms with Gasteiger partial charge in [-0.25, -0.2) is 13.8 Å². The van der Waals surface area contributed by atoms with Crippen molar-refractivity contribution in [1.82, 2.24) is 4.98 Å². The van der Waals surface area contributed by atoms with Crippen LogP contribution in [0, 0.1) is 5.92 Å². The summed E-state index contributed by atoms with van der Waals surface area (Å²) in [5.41, 5.74) is -0.00898. The lowest BCUT2D eigenvalue weighted by atomic mass is 10.00. The maximum Gasteiger partial charge on any atom is 0.276 e. The summed E-state index contributed by atoms with van der Waals surface area (Å²) in [7, 11) is 0. The van der Waals surface area contributed by atoms with Gasteiger partial charge >= 0.3 is 0 Å². The van der Waals surface area contributed by atoms with Gasteiger partial charge < -0.3 is 0 Å². The molecule has 0 aliphatic rings. The Labute approximate surface area is 86.9 Å². The zero-order chi connectivity index (χ0) is 10.8. The molecule has 1 nitrogen and oxygen atoms in total. The molecule has 0 saturated carbocycles. The number of nitrogens with zero attached hydrogens (tertiary/aromatic N) is 1. The minimum absolute atomic E-state index is 0.00898. The van der Waals surface area contributed by atoms with Gasteiger partial charge in [0, 0.05) is 17.7 Å². The molecule has 1 heterocycles. The van der Waals surface area contributed by atoms with Crippen LogP contribution in [0.2, 0.25) is 0 Å². The highest BCUT2D eigenvalue weighted by atomic mass is 32.2. The van der Waals surface area contributed by atoms with E-state index in [0.29, 0.717) is 0 Å². The summed E-state index contributed by atoms with van der Waals surface area (Å²) < 4.78 is 26.9. The van der Waals surface area contributed by atoms with Gasteiger partial charge in [-0.15, -0.1) is 11.8 Å². The molecular weight excluding hydrogens is 204 g/mol. The summed E-state index contributed by atoms with van der Waals surface area (Å²) in [6, 6.07) is 3.06. The van der Waals surface area contributed by atoms with Crippen molar-refractivity contribution in [3.63, 3.8) is 0 Å². The van der Waals surface area contributed by atoms with Gasteiger partial charge in [0.05, 0.1) is 5.03 Å². The second kappa shape index (κ2) is 4.26. The minimum atomic E-state index is -2.79. The van der Waals surface area contributed by atoms with Gasteiger partial charge in [0.2, 0.25) is 0 Å². The summed E-state index contributed by atoms with van der Waals surface area (Å²) >= 11 is 1.44. The van der Waals surface area contributed by atoms with Crippen LogP contribution in [-0.2, 0) is 5.92 Å². The molecule has 0 unspecified atom stereocenters. The van der Waals surface area contributed by atoms with Crippen LogP contribution in [0.4, 0.5) is 8.78 Å². The number of alkyl halides is 2. The van der Waals surface area contributed by atoms with Crippen molar-refractivity contribution < 1.29 is 8.78 Å². The van der Waals surface area contributed by atoms with Crippen LogP contribution in [0.3, 0.4) is 0 Å². The number of pyridine rings is 1. The van der Waals surface area contributed by atoms with Crippen LogP contribution in [-0.4, -0.2) is 11.2 Å². The smallest absolute Gasteiger partial charge is 0.249 e. The Hall–Kier alpha value is -0.640. The van der Waals surface area contributed by atoms with E-state index in [0.717, 1.165) is 5.03 Å². The highest BCUT2D eigenvalue weighted by molar-refractivity contribution is 7.98. The fourth-order valence-corrected chi connectivity index (χ4v) is 1.39. The molecule has 0 bridgehead atoms. The SMILES string of the molecule is CSc1ccc(C(F)(F)C(C)C)cn1. The van der Waals surface area contributed by atoms with Crippen molar-refractivity contribution in [2.24, 2.45) is 5.92 Å². The molecular formula is C10H13F2NS. The van der Waals surface area contributed by atoms with E-state index in [-0.39, 0.29) is 5.56 Å². The molecule has 0 amide bonds. The molecule has 0 radical (unpaired) electrons. The molecule has 0 aliphatic carbocycles. The average molecular weight is 217 g/mol. The lowest BCUT2D eigenvalue weighted by molar-refractivity contribution is -0.0517. The molecule has 14 heavy (non-hydrogen) atoms. The summed E-state index contributed by atoms with van der Waals surface area (Å²) in [4.78, 5) is 3.93. The molecule has 0 spiro atoms. The number of hydrogen-bond acceptors (Lipinski definition) is 2. The van der Waals surface area contributed by atoms with Crippen LogP contribution in [0.15, 0.2) is 23.4 Å². The fourth-order valence-electron chi connectivity index (χ4n) is 1.03. The molecule has 4 heteroatoms. The van der Waals surface area contributed by atoms with Crippen molar-refractivity contribution >= 4 is 11.8 Å². The second-order valence-electron chi connectivity index (χ2n) is 3.37. The van der Waals surface area contributed by atoms with E-state index < -0.39 is 11.8 Å². The Morgan fingerprint density at radius 3 is 2.36 bits per heavy atom. The lowest BCUT2D eigenvalue weighted by Gasteiger charge is -2.20. The summed E-state index contributed by atoms with van der Waals surface area (Å²) in [6.45, 7) is 3.00. The van der Waals surface area contributed by atoms with Crippen LogP contribution in [0.5, 0.6) is 0 Å². The summed E-state index contributed by atoms with van der Waals surface area (Å²) in [5, 5.41) is 0.758. The van der Waals surface area contributed by atoms with Gasteiger partial charge in [-0.2, -0.15) is 0 Å². The van der Waals surface area contributed by atoms with Gasteiger partial charge in [-0.3, -0.25) is 0 Å². The zero-order valence-electron chi connectivity index (χ0n) is 8.42. The predicted octanol–water partition coefficient (Wildman–Crippen LogP) is 3.55. The average Bonchev–Trinajstić information content (AvgIpc) is 2.17. The van der Waals surface area contributed by atoms with Crippen LogP contribution in [0.1, 0.15) is 19.4 Å². The zero-order valence-corrected chi connectivity index (χ0v) is 9.24. The molecule has 0 fully saturated rings. The Bertz CT molecular complexity index is 295. The fraction of sp³-hybridized carbons (Fsp3) is 0.500. The maximum absolute atomic E-state index is 13.5. The van der Waals surface area contributed by atoms with E-state index >= 15 is 0 Å². The van der Waals surface area contributed by atoms with E-state index in [1.807, 2.05) is 6.26 Å². The molecule has 0 aliphatic heterocycles. The Morgan fingerprint density at radius 1 is 1.36 bits per heavy atom. The van der Waals surface area contributed by atoms with Crippen LogP contribution in [0.25, 0.3) is 0 Å². The Kier molecular flexibility index (Phi) is 3.48. The first-order valence-corrected chi connectivity index (χ1v) is 5.59. The van der Waals surface area contributed by atoms with E-state index in [4.69, 9.17) is 0 Å². The first kappa shape index (κ1) is 11.4. The Balaban J connectivity index is 2.97. The van der Waals surface area contributed by atoms with Gasteiger partial charge in [0.25, 0.3) is 5.92 Å². The topological polar surface area (TPSA) is 12.9 Å². The standard InChI is InChI=1S/C10H13F2NS/c1-7(2)10(11,12)8-4-5-9(14-3)13-6-8/h4-7H,1-3H3. The molecule has 0 N–H and O–H groups in total. The minimum Gasteiger partial charge on any atom is -0.249 e. The van der Waals surface area contributed by atoms with E-state index in [9.17, 15) is 8.78 Å². The van der Waals surface area contributed by atoms with Gasteiger partial charge in [0.15, 0.2) is 0 Å². The van der Waals surface area contributed by atoms with Crippen molar-refractivity contribution in [3.05, 3.63) is 23.9 Å². The van der Waals surface area contributed by atoms with Crippen molar-refractivity contribution in [2.75, 3.05) is 6.26 Å². The Morgan fingerprint density at radius 2 is 2.00 bits per heavy atom. The van der Waals surface area contributed by atoms with Gasteiger partial charge in [-0.05, 0) is 18.4 Å². The summed E-state index contributed by atoms with van der Waals surface area (Å²) in [5.74, 6) is -3.49. The largest absolute Gasteiger partial charge is 0.276 e. The van der Waals surface area contributed by atoms with Crippen molar-refractivity contribution in [2.45, 2.75) is 24.8 Å². The highest BCUT2D eigenvalue weighted by Gasteiger charge is 2.35. The van der Waals surface area contributed by atoms with Gasteiger partial charge in [0.1, 0.15) is 0 Å². The third-order valence-corrected chi connectivity index (χ3v) is 2.72. The highest BCUT2D eigenvalue weighted by Crippen LogP contribution is 2.35. The van der Waals surface area contributed by atoms with E-state index in [2.05, 4.69) is 4.98 Å². The van der Waals surface area contributed by atoms with Gasteiger partial charge in [-0.1, -0.05) is 13.8 Å². The van der Waals surface area contributed by atoms with Crippen molar-refractivity contribution in [1.29, 1.82) is 0 Å². The predicted molar refractivity (Wildman–Crippen MR) is 54.8 cm³/mol. The number of thioether (sulfide) groups is 1. The molecule has 1 aromatic rings. The normalized spacial score (nSPS) is 12.1. The third-order valence-electron chi connectivity index (χ3n) is 2.06. The number of rotatable bonds is 3. The van der Waals surface area contributed by atoms with Crippen molar-refractivity contribution in [3.8, 4) is 0 Å². The quantitative estimate of drug-likeness (QED) is 0.718. The molecule has 0 saturated heterocycles. The molecule has 0 atom stereocenters. The van der Waals surface area contributed by atoms with Crippen LogP contribution < -0.4 is 0 Å². The molecule has 78 valence electrons. The molecule has 1 rings (SSSR count). The number of halogens is 2. The second-order valence-corrected chi connectivity index (χ2v) is 4.19. The first-order chi connectivity index (χ1) is 6.48. The first-order valence-electron chi connectivity index (χ1n) is 4.36. The third kappa shape index (κ3) is 2.23. The number of aromatic nitrogens is 1. The van der Waals surface area contributed by atoms with E-state index in [1.165, 1.54) is 37.9 Å². The molecule has 1 aromatic heterocycles. The maximum atomic E-state index is 13.5.